The SMILES string of the molecule is CC(=O)C(C)c1ccc(NC(=O)c2ccccc2)nc1. The van der Waals surface area contributed by atoms with Crippen molar-refractivity contribution >= 4 is 17.5 Å². The Morgan fingerprint density at radius 2 is 1.80 bits per heavy atom. The molecule has 2 aromatic rings. The van der Waals surface area contributed by atoms with Crippen molar-refractivity contribution in [2.75, 3.05) is 5.32 Å². The third-order valence-electron chi connectivity index (χ3n) is 3.17. The van der Waals surface area contributed by atoms with Crippen molar-refractivity contribution in [1.29, 1.82) is 0 Å². The highest BCUT2D eigenvalue weighted by Crippen LogP contribution is 2.16. The smallest absolute Gasteiger partial charge is 0.256 e. The Labute approximate surface area is 117 Å². The number of Topliss-reactive ketones (excluding diaryl/α,β-unsaturated/α-hetero) is 1. The van der Waals surface area contributed by atoms with Gasteiger partial charge in [0.05, 0.1) is 0 Å². The second-order valence-corrected chi connectivity index (χ2v) is 4.63. The standard InChI is InChI=1S/C16H16N2O2/c1-11(12(2)19)14-8-9-15(17-10-14)18-16(20)13-6-4-3-5-7-13/h3-11H,1-2H3,(H,17,18,20). The van der Waals surface area contributed by atoms with Gasteiger partial charge in [0.25, 0.3) is 5.91 Å². The van der Waals surface area contributed by atoms with Crippen LogP contribution in [0.1, 0.15) is 35.7 Å². The predicted octanol–water partition coefficient (Wildman–Crippen LogP) is 3.03. The summed E-state index contributed by atoms with van der Waals surface area (Å²) < 4.78 is 0. The van der Waals surface area contributed by atoms with E-state index in [9.17, 15) is 9.59 Å². The van der Waals surface area contributed by atoms with Crippen LogP contribution in [-0.2, 0) is 4.79 Å². The lowest BCUT2D eigenvalue weighted by atomic mass is 10.00. The molecule has 0 spiro atoms. The number of hydrogen-bond donors (Lipinski definition) is 1. The summed E-state index contributed by atoms with van der Waals surface area (Å²) in [7, 11) is 0. The van der Waals surface area contributed by atoms with Gasteiger partial charge in [0.15, 0.2) is 0 Å². The Hall–Kier alpha value is -2.49. The molecule has 102 valence electrons. The van der Waals surface area contributed by atoms with E-state index in [0.717, 1.165) is 5.56 Å². The molecule has 1 amide bonds. The van der Waals surface area contributed by atoms with Crippen LogP contribution in [0.2, 0.25) is 0 Å². The topological polar surface area (TPSA) is 59.1 Å². The summed E-state index contributed by atoms with van der Waals surface area (Å²) in [5, 5.41) is 2.72. The molecule has 2 rings (SSSR count). The summed E-state index contributed by atoms with van der Waals surface area (Å²) in [6, 6.07) is 12.4. The summed E-state index contributed by atoms with van der Waals surface area (Å²) in [5.74, 6) is 0.179. The molecule has 0 saturated heterocycles. The minimum absolute atomic E-state index is 0.0906. The van der Waals surface area contributed by atoms with Crippen molar-refractivity contribution in [2.45, 2.75) is 19.8 Å². The minimum Gasteiger partial charge on any atom is -0.307 e. The Kier molecular flexibility index (Phi) is 4.25. The number of benzene rings is 1. The lowest BCUT2D eigenvalue weighted by Gasteiger charge is -2.09. The zero-order valence-electron chi connectivity index (χ0n) is 11.5. The molecular weight excluding hydrogens is 252 g/mol. The Morgan fingerprint density at radius 1 is 1.10 bits per heavy atom. The molecule has 0 radical (unpaired) electrons. The van der Waals surface area contributed by atoms with Crippen LogP contribution in [0, 0.1) is 0 Å². The lowest BCUT2D eigenvalue weighted by Crippen LogP contribution is -2.13. The number of amides is 1. The predicted molar refractivity (Wildman–Crippen MR) is 77.7 cm³/mol. The molecule has 0 aliphatic carbocycles. The third kappa shape index (κ3) is 3.29. The van der Waals surface area contributed by atoms with Gasteiger partial charge in [-0.2, -0.15) is 0 Å². The molecule has 1 aromatic heterocycles. The number of nitrogens with zero attached hydrogens (tertiary/aromatic N) is 1. The number of nitrogens with one attached hydrogen (secondary N) is 1. The molecule has 4 heteroatoms. The summed E-state index contributed by atoms with van der Waals surface area (Å²) in [6.45, 7) is 3.39. The minimum atomic E-state index is -0.203. The van der Waals surface area contributed by atoms with Gasteiger partial charge >= 0.3 is 0 Å². The average molecular weight is 268 g/mol. The van der Waals surface area contributed by atoms with E-state index in [-0.39, 0.29) is 17.6 Å². The van der Waals surface area contributed by atoms with Crippen molar-refractivity contribution in [3.05, 3.63) is 59.8 Å². The van der Waals surface area contributed by atoms with E-state index in [0.29, 0.717) is 11.4 Å². The van der Waals surface area contributed by atoms with Crippen molar-refractivity contribution in [3.63, 3.8) is 0 Å². The zero-order valence-corrected chi connectivity index (χ0v) is 11.5. The molecule has 0 fully saturated rings. The second-order valence-electron chi connectivity index (χ2n) is 4.63. The fourth-order valence-electron chi connectivity index (χ4n) is 1.75. The number of aromatic nitrogens is 1. The molecule has 4 nitrogen and oxygen atoms in total. The highest BCUT2D eigenvalue weighted by molar-refractivity contribution is 6.03. The van der Waals surface area contributed by atoms with Crippen molar-refractivity contribution in [1.82, 2.24) is 4.98 Å². The van der Waals surface area contributed by atoms with E-state index in [1.165, 1.54) is 0 Å². The van der Waals surface area contributed by atoms with E-state index in [1.54, 1.807) is 49.5 Å². The lowest BCUT2D eigenvalue weighted by molar-refractivity contribution is -0.118. The highest BCUT2D eigenvalue weighted by atomic mass is 16.1. The van der Waals surface area contributed by atoms with Crippen LogP contribution in [0.4, 0.5) is 5.82 Å². The first-order chi connectivity index (χ1) is 9.58. The molecule has 1 unspecified atom stereocenters. The third-order valence-corrected chi connectivity index (χ3v) is 3.17. The van der Waals surface area contributed by atoms with Gasteiger partial charge < -0.3 is 5.32 Å². The first kappa shape index (κ1) is 13.9. The van der Waals surface area contributed by atoms with Gasteiger partial charge in [-0.25, -0.2) is 4.98 Å². The fraction of sp³-hybridized carbons (Fsp3) is 0.188. The van der Waals surface area contributed by atoms with E-state index in [2.05, 4.69) is 10.3 Å². The fourth-order valence-corrected chi connectivity index (χ4v) is 1.75. The van der Waals surface area contributed by atoms with Gasteiger partial charge in [0.2, 0.25) is 0 Å². The van der Waals surface area contributed by atoms with Crippen LogP contribution in [-0.4, -0.2) is 16.7 Å². The zero-order chi connectivity index (χ0) is 14.5. The molecule has 0 aliphatic rings. The Bertz CT molecular complexity index is 606. The van der Waals surface area contributed by atoms with E-state index < -0.39 is 0 Å². The van der Waals surface area contributed by atoms with Gasteiger partial charge in [-0.1, -0.05) is 31.2 Å². The molecule has 20 heavy (non-hydrogen) atoms. The monoisotopic (exact) mass is 268 g/mol. The molecule has 1 aromatic carbocycles. The number of hydrogen-bond acceptors (Lipinski definition) is 3. The molecular formula is C16H16N2O2. The van der Waals surface area contributed by atoms with E-state index >= 15 is 0 Å². The van der Waals surface area contributed by atoms with Gasteiger partial charge in [-0.05, 0) is 30.7 Å². The molecule has 0 saturated carbocycles. The molecule has 0 bridgehead atoms. The number of anilines is 1. The molecule has 1 atom stereocenters. The number of ketones is 1. The Balaban J connectivity index is 2.08. The largest absolute Gasteiger partial charge is 0.307 e. The first-order valence-electron chi connectivity index (χ1n) is 6.40. The van der Waals surface area contributed by atoms with Crippen LogP contribution >= 0.6 is 0 Å². The van der Waals surface area contributed by atoms with Gasteiger partial charge in [0, 0.05) is 17.7 Å². The van der Waals surface area contributed by atoms with Gasteiger partial charge in [0.1, 0.15) is 11.6 Å². The van der Waals surface area contributed by atoms with Crippen LogP contribution in [0.25, 0.3) is 0 Å². The highest BCUT2D eigenvalue weighted by Gasteiger charge is 2.11. The molecule has 0 aliphatic heterocycles. The first-order valence-corrected chi connectivity index (χ1v) is 6.40. The number of carbonyl (C=O) groups excluding carboxylic acids is 2. The van der Waals surface area contributed by atoms with Crippen molar-refractivity contribution in [2.24, 2.45) is 0 Å². The summed E-state index contributed by atoms with van der Waals surface area (Å²) in [4.78, 5) is 27.4. The molecule has 1 N–H and O–H groups in total. The maximum atomic E-state index is 11.9. The summed E-state index contributed by atoms with van der Waals surface area (Å²) in [5.41, 5.74) is 1.42. The number of carbonyl (C=O) groups is 2. The van der Waals surface area contributed by atoms with Crippen LogP contribution in [0.3, 0.4) is 0 Å². The number of pyridine rings is 1. The van der Waals surface area contributed by atoms with E-state index in [1.807, 2.05) is 13.0 Å². The second kappa shape index (κ2) is 6.10. The summed E-state index contributed by atoms with van der Waals surface area (Å²) in [6.07, 6.45) is 1.62. The van der Waals surface area contributed by atoms with Crippen LogP contribution in [0.15, 0.2) is 48.7 Å². The Morgan fingerprint density at radius 3 is 2.35 bits per heavy atom. The maximum absolute atomic E-state index is 11.9. The number of rotatable bonds is 4. The average Bonchev–Trinajstić information content (AvgIpc) is 2.48. The van der Waals surface area contributed by atoms with Gasteiger partial charge in [-0.15, -0.1) is 0 Å². The van der Waals surface area contributed by atoms with Gasteiger partial charge in [-0.3, -0.25) is 9.59 Å². The molecule has 1 heterocycles. The normalized spacial score (nSPS) is 11.7. The summed E-state index contributed by atoms with van der Waals surface area (Å²) >= 11 is 0. The quantitative estimate of drug-likeness (QED) is 0.927. The van der Waals surface area contributed by atoms with E-state index in [4.69, 9.17) is 0 Å². The van der Waals surface area contributed by atoms with Crippen molar-refractivity contribution < 1.29 is 9.59 Å². The maximum Gasteiger partial charge on any atom is 0.256 e. The van der Waals surface area contributed by atoms with Crippen LogP contribution < -0.4 is 5.32 Å². The van der Waals surface area contributed by atoms with Crippen LogP contribution in [0.5, 0.6) is 0 Å². The van der Waals surface area contributed by atoms with Crippen molar-refractivity contribution in [3.8, 4) is 0 Å².